The first-order chi connectivity index (χ1) is 11.0. The fraction of sp³-hybridized carbons (Fsp3) is 0.125. The molecule has 0 heterocycles. The molecule has 2 aromatic rings. The van der Waals surface area contributed by atoms with Crippen LogP contribution in [-0.2, 0) is 0 Å². The summed E-state index contributed by atoms with van der Waals surface area (Å²) in [5, 5.41) is 13.5. The van der Waals surface area contributed by atoms with Crippen molar-refractivity contribution in [3.05, 3.63) is 52.0 Å². The number of hydrogen-bond donors (Lipinski definition) is 2. The SMILES string of the molecule is COc1ccc(/C=N/NC(=O)c2ccc(OC)c(Br)c2)cc1O. The normalized spacial score (nSPS) is 10.6. The van der Waals surface area contributed by atoms with Crippen LogP contribution >= 0.6 is 15.9 Å². The zero-order valence-electron chi connectivity index (χ0n) is 12.5. The van der Waals surface area contributed by atoms with Gasteiger partial charge >= 0.3 is 0 Å². The molecule has 0 unspecified atom stereocenters. The molecule has 0 spiro atoms. The summed E-state index contributed by atoms with van der Waals surface area (Å²) in [5.74, 6) is 0.650. The van der Waals surface area contributed by atoms with Crippen molar-refractivity contribution in [2.24, 2.45) is 5.10 Å². The number of hydrogen-bond acceptors (Lipinski definition) is 5. The average Bonchev–Trinajstić information content (AvgIpc) is 2.54. The Morgan fingerprint density at radius 1 is 1.17 bits per heavy atom. The molecule has 0 radical (unpaired) electrons. The largest absolute Gasteiger partial charge is 0.504 e. The van der Waals surface area contributed by atoms with Gasteiger partial charge in [0.1, 0.15) is 5.75 Å². The summed E-state index contributed by atoms with van der Waals surface area (Å²) in [6, 6.07) is 9.76. The Kier molecular flexibility index (Phi) is 5.59. The molecule has 2 N–H and O–H groups in total. The lowest BCUT2D eigenvalue weighted by Gasteiger charge is -2.05. The van der Waals surface area contributed by atoms with E-state index in [1.807, 2.05) is 0 Å². The van der Waals surface area contributed by atoms with Gasteiger partial charge in [-0.2, -0.15) is 5.10 Å². The number of aromatic hydroxyl groups is 1. The lowest BCUT2D eigenvalue weighted by Crippen LogP contribution is -2.17. The predicted octanol–water partition coefficient (Wildman–Crippen LogP) is 2.94. The van der Waals surface area contributed by atoms with Gasteiger partial charge in [0.25, 0.3) is 5.91 Å². The van der Waals surface area contributed by atoms with E-state index in [0.29, 0.717) is 27.1 Å². The Hall–Kier alpha value is -2.54. The molecule has 0 saturated heterocycles. The van der Waals surface area contributed by atoms with Gasteiger partial charge in [0.05, 0.1) is 24.9 Å². The van der Waals surface area contributed by atoms with Crippen molar-refractivity contribution in [1.82, 2.24) is 5.43 Å². The summed E-state index contributed by atoms with van der Waals surface area (Å²) < 4.78 is 10.7. The van der Waals surface area contributed by atoms with Crippen LogP contribution in [0.25, 0.3) is 0 Å². The van der Waals surface area contributed by atoms with Crippen molar-refractivity contribution in [2.45, 2.75) is 0 Å². The quantitative estimate of drug-likeness (QED) is 0.619. The standard InChI is InChI=1S/C16H15BrN2O4/c1-22-14-6-4-11(8-12(14)17)16(21)19-18-9-10-3-5-15(23-2)13(20)7-10/h3-9,20H,1-2H3,(H,19,21)/b18-9+. The summed E-state index contributed by atoms with van der Waals surface area (Å²) in [5.41, 5.74) is 3.48. The van der Waals surface area contributed by atoms with E-state index in [1.165, 1.54) is 19.4 Å². The molecule has 120 valence electrons. The third-order valence-corrected chi connectivity index (χ3v) is 3.62. The number of benzene rings is 2. The molecule has 0 aliphatic carbocycles. The first kappa shape index (κ1) is 16.8. The van der Waals surface area contributed by atoms with E-state index >= 15 is 0 Å². The molecular weight excluding hydrogens is 364 g/mol. The van der Waals surface area contributed by atoms with Crippen LogP contribution in [0.5, 0.6) is 17.2 Å². The van der Waals surface area contributed by atoms with Gasteiger partial charge < -0.3 is 14.6 Å². The highest BCUT2D eigenvalue weighted by Crippen LogP contribution is 2.26. The number of nitrogens with one attached hydrogen (secondary N) is 1. The van der Waals surface area contributed by atoms with Gasteiger partial charge in [-0.3, -0.25) is 4.79 Å². The first-order valence-corrected chi connectivity index (χ1v) is 7.38. The van der Waals surface area contributed by atoms with Gasteiger partial charge in [-0.15, -0.1) is 0 Å². The molecule has 7 heteroatoms. The lowest BCUT2D eigenvalue weighted by molar-refractivity contribution is 0.0955. The van der Waals surface area contributed by atoms with E-state index in [-0.39, 0.29) is 11.7 Å². The van der Waals surface area contributed by atoms with Crippen molar-refractivity contribution < 1.29 is 19.4 Å². The molecule has 2 rings (SSSR count). The summed E-state index contributed by atoms with van der Waals surface area (Å²) >= 11 is 3.32. The van der Waals surface area contributed by atoms with Crippen molar-refractivity contribution in [3.8, 4) is 17.2 Å². The van der Waals surface area contributed by atoms with Crippen LogP contribution in [0.2, 0.25) is 0 Å². The minimum atomic E-state index is -0.359. The highest BCUT2D eigenvalue weighted by molar-refractivity contribution is 9.10. The molecule has 0 aliphatic rings. The van der Waals surface area contributed by atoms with Crippen LogP contribution in [0.15, 0.2) is 46.0 Å². The van der Waals surface area contributed by atoms with Crippen LogP contribution in [0.3, 0.4) is 0 Å². The number of amides is 1. The zero-order chi connectivity index (χ0) is 16.8. The highest BCUT2D eigenvalue weighted by atomic mass is 79.9. The third kappa shape index (κ3) is 4.23. The number of rotatable bonds is 5. The van der Waals surface area contributed by atoms with Crippen molar-refractivity contribution in [2.75, 3.05) is 14.2 Å². The van der Waals surface area contributed by atoms with Gasteiger partial charge in [-0.25, -0.2) is 5.43 Å². The smallest absolute Gasteiger partial charge is 0.271 e. The Morgan fingerprint density at radius 2 is 1.87 bits per heavy atom. The van der Waals surface area contributed by atoms with E-state index in [0.717, 1.165) is 0 Å². The monoisotopic (exact) mass is 378 g/mol. The maximum absolute atomic E-state index is 12.0. The average molecular weight is 379 g/mol. The molecule has 0 fully saturated rings. The fourth-order valence-electron chi connectivity index (χ4n) is 1.82. The summed E-state index contributed by atoms with van der Waals surface area (Å²) in [6.07, 6.45) is 1.43. The summed E-state index contributed by atoms with van der Waals surface area (Å²) in [6.45, 7) is 0. The van der Waals surface area contributed by atoms with E-state index in [4.69, 9.17) is 9.47 Å². The molecular formula is C16H15BrN2O4. The van der Waals surface area contributed by atoms with Crippen molar-refractivity contribution in [3.63, 3.8) is 0 Å². The number of hydrazone groups is 1. The Bertz CT molecular complexity index is 747. The Labute approximate surface area is 141 Å². The van der Waals surface area contributed by atoms with Gasteiger partial charge in [0.15, 0.2) is 11.5 Å². The number of halogens is 1. The number of carbonyl (C=O) groups excluding carboxylic acids is 1. The van der Waals surface area contributed by atoms with E-state index < -0.39 is 0 Å². The predicted molar refractivity (Wildman–Crippen MR) is 90.4 cm³/mol. The van der Waals surface area contributed by atoms with Crippen LogP contribution in [0.1, 0.15) is 15.9 Å². The lowest BCUT2D eigenvalue weighted by atomic mass is 10.2. The minimum absolute atomic E-state index is 0.00172. The van der Waals surface area contributed by atoms with E-state index in [2.05, 4.69) is 26.5 Å². The zero-order valence-corrected chi connectivity index (χ0v) is 14.1. The second-order valence-electron chi connectivity index (χ2n) is 4.48. The molecule has 2 aromatic carbocycles. The third-order valence-electron chi connectivity index (χ3n) is 3.00. The summed E-state index contributed by atoms with van der Waals surface area (Å²) in [4.78, 5) is 12.0. The van der Waals surface area contributed by atoms with Crippen LogP contribution in [-0.4, -0.2) is 31.4 Å². The fourth-order valence-corrected chi connectivity index (χ4v) is 2.37. The number of nitrogens with zero attached hydrogens (tertiary/aromatic N) is 1. The number of phenols is 1. The number of phenolic OH excluding ortho intramolecular Hbond substituents is 1. The molecule has 1 amide bonds. The second-order valence-corrected chi connectivity index (χ2v) is 5.33. The molecule has 0 aromatic heterocycles. The van der Waals surface area contributed by atoms with E-state index in [1.54, 1.807) is 37.4 Å². The first-order valence-electron chi connectivity index (χ1n) is 6.59. The van der Waals surface area contributed by atoms with Gasteiger partial charge in [0, 0.05) is 5.56 Å². The molecule has 0 bridgehead atoms. The number of methoxy groups -OCH3 is 2. The minimum Gasteiger partial charge on any atom is -0.504 e. The Balaban J connectivity index is 2.03. The molecule has 0 saturated carbocycles. The molecule has 0 aliphatic heterocycles. The van der Waals surface area contributed by atoms with Crippen molar-refractivity contribution >= 4 is 28.1 Å². The number of carbonyl (C=O) groups is 1. The molecule has 6 nitrogen and oxygen atoms in total. The summed E-state index contributed by atoms with van der Waals surface area (Å²) in [7, 11) is 3.02. The van der Waals surface area contributed by atoms with Crippen LogP contribution < -0.4 is 14.9 Å². The van der Waals surface area contributed by atoms with Crippen LogP contribution in [0, 0.1) is 0 Å². The maximum atomic E-state index is 12.0. The highest BCUT2D eigenvalue weighted by Gasteiger charge is 2.08. The van der Waals surface area contributed by atoms with Crippen molar-refractivity contribution in [1.29, 1.82) is 0 Å². The number of ether oxygens (including phenoxy) is 2. The van der Waals surface area contributed by atoms with Crippen LogP contribution in [0.4, 0.5) is 0 Å². The Morgan fingerprint density at radius 3 is 2.48 bits per heavy atom. The molecule has 0 atom stereocenters. The van der Waals surface area contributed by atoms with Gasteiger partial charge in [0.2, 0.25) is 0 Å². The second kappa shape index (κ2) is 7.64. The van der Waals surface area contributed by atoms with Gasteiger partial charge in [-0.1, -0.05) is 0 Å². The van der Waals surface area contributed by atoms with E-state index in [9.17, 15) is 9.90 Å². The maximum Gasteiger partial charge on any atom is 0.271 e. The van der Waals surface area contributed by atoms with Gasteiger partial charge in [-0.05, 0) is 57.9 Å². The molecule has 23 heavy (non-hydrogen) atoms. The topological polar surface area (TPSA) is 80.2 Å².